The van der Waals surface area contributed by atoms with E-state index in [2.05, 4.69) is 6.92 Å². The molecule has 1 aromatic rings. The zero-order valence-electron chi connectivity index (χ0n) is 12.7. The molecule has 0 N–H and O–H groups in total. The van der Waals surface area contributed by atoms with Crippen molar-refractivity contribution >= 4 is 28.4 Å². The Balaban J connectivity index is 2.55. The van der Waals surface area contributed by atoms with Gasteiger partial charge >= 0.3 is 5.92 Å². The number of hydrogen-bond donors (Lipinski definition) is 0. The van der Waals surface area contributed by atoms with Crippen molar-refractivity contribution in [3.63, 3.8) is 0 Å². The standard InChI is InChI=1S/C17H23F2IO/c1-3-4-5-6-7-15(20)12-17(18,19)16(21)14-10-8-13(2)9-11-14/h8-11,15H,3-7,12H2,1-2H3. The van der Waals surface area contributed by atoms with E-state index in [1.54, 1.807) is 12.1 Å². The van der Waals surface area contributed by atoms with Gasteiger partial charge in [0.2, 0.25) is 5.78 Å². The molecule has 1 nitrogen and oxygen atoms in total. The molecule has 0 spiro atoms. The van der Waals surface area contributed by atoms with E-state index in [0.29, 0.717) is 0 Å². The van der Waals surface area contributed by atoms with Crippen molar-refractivity contribution in [2.45, 2.75) is 62.2 Å². The molecule has 1 atom stereocenters. The number of benzene rings is 1. The number of aryl methyl sites for hydroxylation is 1. The second kappa shape index (κ2) is 8.81. The molecule has 0 bridgehead atoms. The average Bonchev–Trinajstić information content (AvgIpc) is 2.43. The van der Waals surface area contributed by atoms with E-state index >= 15 is 0 Å². The SMILES string of the molecule is CCCCCCC(I)CC(F)(F)C(=O)c1ccc(C)cc1. The molecule has 0 aliphatic rings. The smallest absolute Gasteiger partial charge is 0.287 e. The number of ketones is 1. The number of carbonyl (C=O) groups excluding carboxylic acids is 1. The second-order valence-electron chi connectivity index (χ2n) is 5.55. The third-order valence-electron chi connectivity index (χ3n) is 3.49. The molecule has 118 valence electrons. The summed E-state index contributed by atoms with van der Waals surface area (Å²) >= 11 is 2.04. The Bertz CT molecular complexity index is 443. The van der Waals surface area contributed by atoms with Gasteiger partial charge < -0.3 is 0 Å². The summed E-state index contributed by atoms with van der Waals surface area (Å²) in [5, 5.41) is 0. The molecule has 0 aromatic heterocycles. The molecule has 1 aromatic carbocycles. The molecule has 21 heavy (non-hydrogen) atoms. The minimum atomic E-state index is -3.27. The van der Waals surface area contributed by atoms with E-state index < -0.39 is 11.7 Å². The van der Waals surface area contributed by atoms with Gasteiger partial charge in [-0.25, -0.2) is 0 Å². The molecular weight excluding hydrogens is 385 g/mol. The maximum atomic E-state index is 14.1. The summed E-state index contributed by atoms with van der Waals surface area (Å²) in [5.74, 6) is -4.33. The Morgan fingerprint density at radius 3 is 2.38 bits per heavy atom. The highest BCUT2D eigenvalue weighted by Gasteiger charge is 2.40. The van der Waals surface area contributed by atoms with Gasteiger partial charge in [0, 0.05) is 15.9 Å². The lowest BCUT2D eigenvalue weighted by Gasteiger charge is -2.18. The van der Waals surface area contributed by atoms with Crippen molar-refractivity contribution in [1.82, 2.24) is 0 Å². The minimum Gasteiger partial charge on any atom is -0.287 e. The molecule has 0 saturated carbocycles. The van der Waals surface area contributed by atoms with E-state index in [0.717, 1.165) is 37.7 Å². The van der Waals surface area contributed by atoms with Gasteiger partial charge in [0.15, 0.2) is 0 Å². The third-order valence-corrected chi connectivity index (χ3v) is 4.56. The van der Waals surface area contributed by atoms with Crippen LogP contribution in [0.3, 0.4) is 0 Å². The number of unbranched alkanes of at least 4 members (excludes halogenated alkanes) is 3. The predicted octanol–water partition coefficient (Wildman–Crippen LogP) is 5.98. The first kappa shape index (κ1) is 18.5. The van der Waals surface area contributed by atoms with Crippen LogP contribution in [0.2, 0.25) is 0 Å². The summed E-state index contributed by atoms with van der Waals surface area (Å²) < 4.78 is 28.0. The molecule has 0 heterocycles. The Kier molecular flexibility index (Phi) is 7.77. The number of hydrogen-bond acceptors (Lipinski definition) is 1. The summed E-state index contributed by atoms with van der Waals surface area (Å²) in [6, 6.07) is 6.34. The molecule has 1 rings (SSSR count). The van der Waals surface area contributed by atoms with Crippen LogP contribution in [-0.2, 0) is 0 Å². The largest absolute Gasteiger partial charge is 0.310 e. The van der Waals surface area contributed by atoms with Crippen LogP contribution in [-0.4, -0.2) is 15.6 Å². The lowest BCUT2D eigenvalue weighted by Crippen LogP contribution is -2.31. The van der Waals surface area contributed by atoms with Crippen LogP contribution in [0.25, 0.3) is 0 Å². The van der Waals surface area contributed by atoms with Crippen LogP contribution in [0.5, 0.6) is 0 Å². The molecule has 4 heteroatoms. The van der Waals surface area contributed by atoms with E-state index in [-0.39, 0.29) is 15.9 Å². The predicted molar refractivity (Wildman–Crippen MR) is 91.6 cm³/mol. The molecule has 0 aliphatic carbocycles. The normalized spacial score (nSPS) is 13.2. The van der Waals surface area contributed by atoms with E-state index in [1.165, 1.54) is 12.1 Å². The molecule has 0 fully saturated rings. The van der Waals surface area contributed by atoms with Gasteiger partial charge in [-0.2, -0.15) is 8.78 Å². The van der Waals surface area contributed by atoms with Crippen molar-refractivity contribution in [3.05, 3.63) is 35.4 Å². The van der Waals surface area contributed by atoms with Crippen molar-refractivity contribution in [1.29, 1.82) is 0 Å². The van der Waals surface area contributed by atoms with Gasteiger partial charge in [-0.15, -0.1) is 0 Å². The Morgan fingerprint density at radius 2 is 1.81 bits per heavy atom. The van der Waals surface area contributed by atoms with Crippen molar-refractivity contribution in [2.75, 3.05) is 0 Å². The number of rotatable bonds is 9. The summed E-state index contributed by atoms with van der Waals surface area (Å²) in [6.45, 7) is 3.99. The monoisotopic (exact) mass is 408 g/mol. The highest BCUT2D eigenvalue weighted by molar-refractivity contribution is 14.1. The van der Waals surface area contributed by atoms with Gasteiger partial charge in [-0.3, -0.25) is 4.79 Å². The minimum absolute atomic E-state index is 0.0974. The number of alkyl halides is 3. The maximum Gasteiger partial charge on any atom is 0.310 e. The van der Waals surface area contributed by atoms with Crippen molar-refractivity contribution in [2.24, 2.45) is 0 Å². The first-order valence-electron chi connectivity index (χ1n) is 7.50. The number of Topliss-reactive ketones (excluding diaryl/α,β-unsaturated/α-hetero) is 1. The van der Waals surface area contributed by atoms with Crippen LogP contribution in [0.15, 0.2) is 24.3 Å². The first-order chi connectivity index (χ1) is 9.86. The molecule has 0 radical (unpaired) electrons. The lowest BCUT2D eigenvalue weighted by molar-refractivity contribution is 0.00513. The van der Waals surface area contributed by atoms with Crippen LogP contribution in [0, 0.1) is 6.92 Å². The van der Waals surface area contributed by atoms with Crippen LogP contribution in [0.4, 0.5) is 8.78 Å². The topological polar surface area (TPSA) is 17.1 Å². The van der Waals surface area contributed by atoms with Gasteiger partial charge in [0.25, 0.3) is 0 Å². The van der Waals surface area contributed by atoms with Crippen molar-refractivity contribution < 1.29 is 13.6 Å². The number of halogens is 3. The van der Waals surface area contributed by atoms with Gasteiger partial charge in [0.05, 0.1) is 0 Å². The highest BCUT2D eigenvalue weighted by Crippen LogP contribution is 2.30. The van der Waals surface area contributed by atoms with Crippen LogP contribution in [0.1, 0.15) is 61.4 Å². The quantitative estimate of drug-likeness (QED) is 0.213. The first-order valence-corrected chi connectivity index (χ1v) is 8.74. The van der Waals surface area contributed by atoms with E-state index in [4.69, 9.17) is 0 Å². The number of carbonyl (C=O) groups is 1. The maximum absolute atomic E-state index is 14.1. The van der Waals surface area contributed by atoms with Crippen LogP contribution >= 0.6 is 22.6 Å². The van der Waals surface area contributed by atoms with E-state index in [9.17, 15) is 13.6 Å². The Morgan fingerprint density at radius 1 is 1.19 bits per heavy atom. The zero-order chi connectivity index (χ0) is 15.9. The molecule has 0 aliphatic heterocycles. The summed E-state index contributed by atoms with van der Waals surface area (Å²) in [7, 11) is 0. The summed E-state index contributed by atoms with van der Waals surface area (Å²) in [4.78, 5) is 11.9. The second-order valence-corrected chi connectivity index (χ2v) is 7.31. The average molecular weight is 408 g/mol. The zero-order valence-corrected chi connectivity index (χ0v) is 14.8. The Labute approximate surface area is 139 Å². The van der Waals surface area contributed by atoms with E-state index in [1.807, 2.05) is 29.5 Å². The van der Waals surface area contributed by atoms with Gasteiger partial charge in [0.1, 0.15) is 0 Å². The van der Waals surface area contributed by atoms with Crippen molar-refractivity contribution in [3.8, 4) is 0 Å². The Hall–Kier alpha value is -0.520. The summed E-state index contributed by atoms with van der Waals surface area (Å²) in [6.07, 6.45) is 4.68. The fourth-order valence-corrected chi connectivity index (χ4v) is 3.18. The molecular formula is C17H23F2IO. The highest BCUT2D eigenvalue weighted by atomic mass is 127. The lowest BCUT2D eigenvalue weighted by atomic mass is 9.99. The molecule has 0 amide bonds. The van der Waals surface area contributed by atoms with Gasteiger partial charge in [-0.05, 0) is 13.3 Å². The fourth-order valence-electron chi connectivity index (χ4n) is 2.18. The molecule has 0 saturated heterocycles. The van der Waals surface area contributed by atoms with Crippen LogP contribution < -0.4 is 0 Å². The summed E-state index contributed by atoms with van der Waals surface area (Å²) in [5.41, 5.74) is 1.05. The fraction of sp³-hybridized carbons (Fsp3) is 0.588. The third kappa shape index (κ3) is 6.41. The molecule has 1 unspecified atom stereocenters. The van der Waals surface area contributed by atoms with Gasteiger partial charge in [-0.1, -0.05) is 85.0 Å².